The summed E-state index contributed by atoms with van der Waals surface area (Å²) in [6.07, 6.45) is 1.33. The van der Waals surface area contributed by atoms with Crippen molar-refractivity contribution in [3.05, 3.63) is 52.5 Å². The molecule has 2 rings (SSSR count). The Bertz CT molecular complexity index is 808. The molecule has 0 unspecified atom stereocenters. The van der Waals surface area contributed by atoms with E-state index in [1.54, 1.807) is 37.3 Å². The number of benzene rings is 2. The number of hydrogen-bond donors (Lipinski definition) is 2. The zero-order valence-corrected chi connectivity index (χ0v) is 14.6. The smallest absolute Gasteiger partial charge is 0.276 e. The number of hydrogen-bond acceptors (Lipinski definition) is 5. The van der Waals surface area contributed by atoms with Crippen LogP contribution in [0.2, 0.25) is 0 Å². The predicted molar refractivity (Wildman–Crippen MR) is 91.3 cm³/mol. The summed E-state index contributed by atoms with van der Waals surface area (Å²) in [5, 5.41) is 13.6. The first kappa shape index (κ1) is 17.3. The summed E-state index contributed by atoms with van der Waals surface area (Å²) in [6.45, 7) is 2.18. The molecule has 0 aliphatic heterocycles. The number of aromatic hydroxyl groups is 1. The van der Waals surface area contributed by atoms with Crippen LogP contribution in [-0.4, -0.2) is 26.3 Å². The number of hydrazone groups is 1. The molecule has 0 saturated carbocycles. The highest BCUT2D eigenvalue weighted by Gasteiger charge is 2.12. The predicted octanol–water partition coefficient (Wildman–Crippen LogP) is 2.87. The van der Waals surface area contributed by atoms with Crippen molar-refractivity contribution in [3.63, 3.8) is 0 Å². The fourth-order valence-electron chi connectivity index (χ4n) is 1.76. The minimum Gasteiger partial charge on any atom is -0.503 e. The second kappa shape index (κ2) is 7.47. The van der Waals surface area contributed by atoms with Gasteiger partial charge in [0, 0.05) is 0 Å². The number of nitrogens with one attached hydrogen (secondary N) is 1. The number of ether oxygens (including phenoxy) is 1. The number of halogens is 1. The number of rotatable bonds is 6. The van der Waals surface area contributed by atoms with Gasteiger partial charge in [-0.15, -0.1) is 0 Å². The van der Waals surface area contributed by atoms with Gasteiger partial charge in [0.2, 0.25) is 0 Å². The van der Waals surface area contributed by atoms with Gasteiger partial charge in [-0.25, -0.2) is 4.83 Å². The van der Waals surface area contributed by atoms with Crippen LogP contribution in [0, 0.1) is 0 Å². The minimum absolute atomic E-state index is 0.0196. The highest BCUT2D eigenvalue weighted by Crippen LogP contribution is 2.35. The lowest BCUT2D eigenvalue weighted by Crippen LogP contribution is -2.18. The molecule has 0 radical (unpaired) electrons. The molecule has 0 atom stereocenters. The summed E-state index contributed by atoms with van der Waals surface area (Å²) >= 11 is 3.20. The van der Waals surface area contributed by atoms with Crippen molar-refractivity contribution in [3.8, 4) is 11.5 Å². The van der Waals surface area contributed by atoms with E-state index < -0.39 is 10.0 Å². The molecule has 0 saturated heterocycles. The Morgan fingerprint density at radius 3 is 2.65 bits per heavy atom. The zero-order valence-electron chi connectivity index (χ0n) is 12.2. The molecule has 0 bridgehead atoms. The standard InChI is InChI=1S/C15H15BrN2O4S/c1-2-22-14-9-11(8-13(16)15(14)19)10-17-18-23(20,21)12-6-4-3-5-7-12/h3-10,18-19H,2H2,1H3. The minimum atomic E-state index is -3.71. The summed E-state index contributed by atoms with van der Waals surface area (Å²) < 4.78 is 29.7. The van der Waals surface area contributed by atoms with Crippen LogP contribution >= 0.6 is 15.9 Å². The highest BCUT2D eigenvalue weighted by molar-refractivity contribution is 9.10. The second-order valence-electron chi connectivity index (χ2n) is 4.45. The highest BCUT2D eigenvalue weighted by atomic mass is 79.9. The zero-order chi connectivity index (χ0) is 16.9. The first-order chi connectivity index (χ1) is 10.9. The van der Waals surface area contributed by atoms with E-state index in [0.29, 0.717) is 16.6 Å². The molecule has 122 valence electrons. The summed E-state index contributed by atoms with van der Waals surface area (Å²) in [5.41, 5.74) is 0.564. The third kappa shape index (κ3) is 4.46. The van der Waals surface area contributed by atoms with Crippen LogP contribution in [0.25, 0.3) is 0 Å². The summed E-state index contributed by atoms with van der Waals surface area (Å²) in [5.74, 6) is 0.267. The molecule has 2 N–H and O–H groups in total. The van der Waals surface area contributed by atoms with E-state index in [9.17, 15) is 13.5 Å². The monoisotopic (exact) mass is 398 g/mol. The van der Waals surface area contributed by atoms with E-state index in [1.807, 2.05) is 0 Å². The number of nitrogens with zero attached hydrogens (tertiary/aromatic N) is 1. The van der Waals surface area contributed by atoms with Crippen LogP contribution in [0.15, 0.2) is 56.9 Å². The van der Waals surface area contributed by atoms with E-state index in [2.05, 4.69) is 25.9 Å². The molecule has 2 aromatic rings. The van der Waals surface area contributed by atoms with Crippen molar-refractivity contribution in [2.45, 2.75) is 11.8 Å². The average molecular weight is 399 g/mol. The first-order valence-electron chi connectivity index (χ1n) is 6.69. The largest absolute Gasteiger partial charge is 0.503 e. The van der Waals surface area contributed by atoms with Crippen LogP contribution in [0.4, 0.5) is 0 Å². The Hall–Kier alpha value is -2.06. The molecule has 0 aliphatic rings. The second-order valence-corrected chi connectivity index (χ2v) is 6.96. The molecule has 8 heteroatoms. The Morgan fingerprint density at radius 1 is 1.30 bits per heavy atom. The molecule has 0 amide bonds. The van der Waals surface area contributed by atoms with E-state index in [-0.39, 0.29) is 16.4 Å². The van der Waals surface area contributed by atoms with E-state index in [1.165, 1.54) is 18.3 Å². The fourth-order valence-corrected chi connectivity index (χ4v) is 3.03. The summed E-state index contributed by atoms with van der Waals surface area (Å²) in [7, 11) is -3.71. The van der Waals surface area contributed by atoms with Crippen LogP contribution in [0.5, 0.6) is 11.5 Å². The van der Waals surface area contributed by atoms with Crippen molar-refractivity contribution in [2.75, 3.05) is 6.61 Å². The van der Waals surface area contributed by atoms with Crippen molar-refractivity contribution in [1.29, 1.82) is 0 Å². The SMILES string of the molecule is CCOc1cc(C=NNS(=O)(=O)c2ccccc2)cc(Br)c1O. The fraction of sp³-hybridized carbons (Fsp3) is 0.133. The third-order valence-electron chi connectivity index (χ3n) is 2.79. The Kier molecular flexibility index (Phi) is 5.62. The van der Waals surface area contributed by atoms with Crippen LogP contribution in [0.3, 0.4) is 0 Å². The van der Waals surface area contributed by atoms with Gasteiger partial charge in [0.15, 0.2) is 11.5 Å². The maximum Gasteiger partial charge on any atom is 0.276 e. The Labute approximate surface area is 143 Å². The molecular formula is C15H15BrN2O4S. The topological polar surface area (TPSA) is 88.0 Å². The molecule has 0 fully saturated rings. The van der Waals surface area contributed by atoms with Gasteiger partial charge in [0.25, 0.3) is 10.0 Å². The van der Waals surface area contributed by atoms with Crippen molar-refractivity contribution >= 4 is 32.2 Å². The van der Waals surface area contributed by atoms with Crippen LogP contribution in [-0.2, 0) is 10.0 Å². The third-order valence-corrected chi connectivity index (χ3v) is 4.63. The van der Waals surface area contributed by atoms with E-state index in [4.69, 9.17) is 4.74 Å². The quantitative estimate of drug-likeness (QED) is 0.578. The van der Waals surface area contributed by atoms with Crippen LogP contribution < -0.4 is 9.57 Å². The Balaban J connectivity index is 2.18. The van der Waals surface area contributed by atoms with Crippen molar-refractivity contribution < 1.29 is 18.3 Å². The lowest BCUT2D eigenvalue weighted by molar-refractivity contribution is 0.317. The van der Waals surface area contributed by atoms with Crippen LogP contribution in [0.1, 0.15) is 12.5 Å². The lowest BCUT2D eigenvalue weighted by Gasteiger charge is -2.08. The summed E-state index contributed by atoms with van der Waals surface area (Å²) in [6, 6.07) is 11.1. The normalized spacial score (nSPS) is 11.6. The molecule has 0 heterocycles. The van der Waals surface area contributed by atoms with Crippen molar-refractivity contribution in [1.82, 2.24) is 4.83 Å². The number of sulfonamides is 1. The number of phenols is 1. The Morgan fingerprint density at radius 2 is 2.00 bits per heavy atom. The molecule has 23 heavy (non-hydrogen) atoms. The van der Waals surface area contributed by atoms with Gasteiger partial charge < -0.3 is 9.84 Å². The molecular weight excluding hydrogens is 384 g/mol. The average Bonchev–Trinajstić information content (AvgIpc) is 2.53. The molecule has 0 aromatic heterocycles. The maximum absolute atomic E-state index is 12.0. The molecule has 0 spiro atoms. The van der Waals surface area contributed by atoms with Gasteiger partial charge in [-0.2, -0.15) is 13.5 Å². The maximum atomic E-state index is 12.0. The lowest BCUT2D eigenvalue weighted by atomic mass is 10.2. The number of phenolic OH excluding ortho intramolecular Hbond substituents is 1. The van der Waals surface area contributed by atoms with Gasteiger partial charge in [0.1, 0.15) is 0 Å². The van der Waals surface area contributed by atoms with Gasteiger partial charge in [-0.3, -0.25) is 0 Å². The molecule has 2 aromatic carbocycles. The summed E-state index contributed by atoms with van der Waals surface area (Å²) in [4.78, 5) is 2.26. The molecule has 6 nitrogen and oxygen atoms in total. The van der Waals surface area contributed by atoms with E-state index in [0.717, 1.165) is 0 Å². The van der Waals surface area contributed by atoms with Gasteiger partial charge in [-0.05, 0) is 52.7 Å². The first-order valence-corrected chi connectivity index (χ1v) is 8.97. The van der Waals surface area contributed by atoms with E-state index >= 15 is 0 Å². The van der Waals surface area contributed by atoms with Crippen molar-refractivity contribution in [2.24, 2.45) is 5.10 Å². The molecule has 0 aliphatic carbocycles. The van der Waals surface area contributed by atoms with Gasteiger partial charge in [0.05, 0.1) is 22.2 Å². The van der Waals surface area contributed by atoms with Gasteiger partial charge >= 0.3 is 0 Å². The van der Waals surface area contributed by atoms with Gasteiger partial charge in [-0.1, -0.05) is 18.2 Å².